The van der Waals surface area contributed by atoms with Crippen molar-refractivity contribution in [3.8, 4) is 6.07 Å². The fraction of sp³-hybridized carbons (Fsp3) is 0.636. The average Bonchev–Trinajstić information content (AvgIpc) is 2.15. The number of amides is 1. The Bertz CT molecular complexity index is 297. The monoisotopic (exact) mass is 225 g/mol. The fourth-order valence-electron chi connectivity index (χ4n) is 0.912. The zero-order valence-electron chi connectivity index (χ0n) is 10.0. The standard InChI is InChI=1S/C11H19N3O2/c1-11(2,3)14-10(16)9(7-12)8-13-5-4-6-15/h8,13,15H,4-6H2,1-3H3,(H,14,16)/b9-8-. The lowest BCUT2D eigenvalue weighted by Gasteiger charge is -2.19. The van der Waals surface area contributed by atoms with Crippen LogP contribution in [-0.2, 0) is 4.79 Å². The number of nitrogens with zero attached hydrogens (tertiary/aromatic N) is 1. The van der Waals surface area contributed by atoms with Gasteiger partial charge in [-0.2, -0.15) is 5.26 Å². The minimum atomic E-state index is -0.397. The van der Waals surface area contributed by atoms with E-state index >= 15 is 0 Å². The quantitative estimate of drug-likeness (QED) is 0.356. The van der Waals surface area contributed by atoms with Crippen LogP contribution >= 0.6 is 0 Å². The number of aliphatic hydroxyl groups is 1. The minimum absolute atomic E-state index is 0.0351. The smallest absolute Gasteiger partial charge is 0.263 e. The van der Waals surface area contributed by atoms with Gasteiger partial charge in [0, 0.05) is 24.9 Å². The number of hydrogen-bond donors (Lipinski definition) is 3. The molecule has 16 heavy (non-hydrogen) atoms. The van der Waals surface area contributed by atoms with E-state index in [4.69, 9.17) is 10.4 Å². The van der Waals surface area contributed by atoms with Gasteiger partial charge in [0.1, 0.15) is 11.6 Å². The number of rotatable bonds is 5. The molecule has 0 spiro atoms. The van der Waals surface area contributed by atoms with E-state index in [-0.39, 0.29) is 17.7 Å². The molecule has 90 valence electrons. The second kappa shape index (κ2) is 6.85. The topological polar surface area (TPSA) is 85.2 Å². The summed E-state index contributed by atoms with van der Waals surface area (Å²) >= 11 is 0. The van der Waals surface area contributed by atoms with Gasteiger partial charge in [-0.15, -0.1) is 0 Å². The Hall–Kier alpha value is -1.54. The third-order valence-electron chi connectivity index (χ3n) is 1.58. The molecule has 0 unspecified atom stereocenters. The predicted molar refractivity (Wildman–Crippen MR) is 61.3 cm³/mol. The first-order chi connectivity index (χ1) is 7.40. The number of carbonyl (C=O) groups is 1. The largest absolute Gasteiger partial charge is 0.396 e. The van der Waals surface area contributed by atoms with Gasteiger partial charge in [0.25, 0.3) is 5.91 Å². The summed E-state index contributed by atoms with van der Waals surface area (Å²) < 4.78 is 0. The zero-order chi connectivity index (χ0) is 12.6. The number of aliphatic hydroxyl groups excluding tert-OH is 1. The van der Waals surface area contributed by atoms with Gasteiger partial charge in [0.15, 0.2) is 0 Å². The molecule has 0 saturated heterocycles. The molecule has 0 aromatic heterocycles. The molecule has 0 rings (SSSR count). The summed E-state index contributed by atoms with van der Waals surface area (Å²) in [5.74, 6) is -0.397. The van der Waals surface area contributed by atoms with Crippen molar-refractivity contribution in [2.45, 2.75) is 32.7 Å². The van der Waals surface area contributed by atoms with E-state index in [0.717, 1.165) is 0 Å². The van der Waals surface area contributed by atoms with Crippen molar-refractivity contribution in [3.63, 3.8) is 0 Å². The maximum absolute atomic E-state index is 11.6. The molecule has 0 aromatic carbocycles. The van der Waals surface area contributed by atoms with Gasteiger partial charge in [-0.1, -0.05) is 0 Å². The van der Waals surface area contributed by atoms with Crippen LogP contribution in [0.1, 0.15) is 27.2 Å². The van der Waals surface area contributed by atoms with Gasteiger partial charge in [0.05, 0.1) is 0 Å². The van der Waals surface area contributed by atoms with Crippen LogP contribution in [0.5, 0.6) is 0 Å². The van der Waals surface area contributed by atoms with E-state index in [9.17, 15) is 4.79 Å². The van der Waals surface area contributed by atoms with Crippen molar-refractivity contribution in [1.82, 2.24) is 10.6 Å². The summed E-state index contributed by atoms with van der Waals surface area (Å²) in [6.07, 6.45) is 1.95. The molecule has 0 heterocycles. The molecular formula is C11H19N3O2. The van der Waals surface area contributed by atoms with E-state index in [1.54, 1.807) is 0 Å². The Labute approximate surface area is 96.1 Å². The van der Waals surface area contributed by atoms with Crippen LogP contribution in [0.2, 0.25) is 0 Å². The van der Waals surface area contributed by atoms with Crippen LogP contribution in [0.25, 0.3) is 0 Å². The molecule has 0 aliphatic rings. The molecule has 0 atom stereocenters. The Morgan fingerprint density at radius 2 is 2.12 bits per heavy atom. The molecule has 5 nitrogen and oxygen atoms in total. The van der Waals surface area contributed by atoms with Crippen LogP contribution in [0.3, 0.4) is 0 Å². The third kappa shape index (κ3) is 6.85. The second-order valence-electron chi connectivity index (χ2n) is 4.41. The normalized spacial score (nSPS) is 11.8. The molecule has 0 bridgehead atoms. The molecule has 0 aliphatic heterocycles. The van der Waals surface area contributed by atoms with E-state index in [0.29, 0.717) is 13.0 Å². The van der Waals surface area contributed by atoms with Crippen LogP contribution in [-0.4, -0.2) is 29.7 Å². The van der Waals surface area contributed by atoms with Crippen molar-refractivity contribution in [3.05, 3.63) is 11.8 Å². The second-order valence-corrected chi connectivity index (χ2v) is 4.41. The lowest BCUT2D eigenvalue weighted by Crippen LogP contribution is -2.41. The molecule has 0 aliphatic carbocycles. The van der Waals surface area contributed by atoms with Gasteiger partial charge in [-0.05, 0) is 27.2 Å². The summed E-state index contributed by atoms with van der Waals surface area (Å²) in [7, 11) is 0. The highest BCUT2D eigenvalue weighted by atomic mass is 16.3. The van der Waals surface area contributed by atoms with Gasteiger partial charge < -0.3 is 15.7 Å². The van der Waals surface area contributed by atoms with Gasteiger partial charge in [-0.3, -0.25) is 4.79 Å². The highest BCUT2D eigenvalue weighted by Gasteiger charge is 2.16. The molecular weight excluding hydrogens is 206 g/mol. The van der Waals surface area contributed by atoms with Crippen molar-refractivity contribution < 1.29 is 9.90 Å². The van der Waals surface area contributed by atoms with E-state index in [1.165, 1.54) is 6.20 Å². The Balaban J connectivity index is 4.28. The zero-order valence-corrected chi connectivity index (χ0v) is 10.0. The minimum Gasteiger partial charge on any atom is -0.396 e. The summed E-state index contributed by atoms with van der Waals surface area (Å²) in [4.78, 5) is 11.6. The summed E-state index contributed by atoms with van der Waals surface area (Å²) in [5, 5.41) is 22.8. The SMILES string of the molecule is CC(C)(C)NC(=O)/C(C#N)=C\NCCCO. The number of carbonyl (C=O) groups excluding carboxylic acids is 1. The van der Waals surface area contributed by atoms with Crippen molar-refractivity contribution >= 4 is 5.91 Å². The molecule has 0 fully saturated rings. The highest BCUT2D eigenvalue weighted by Crippen LogP contribution is 2.01. The molecule has 0 aromatic rings. The van der Waals surface area contributed by atoms with Gasteiger partial charge in [-0.25, -0.2) is 0 Å². The lowest BCUT2D eigenvalue weighted by atomic mass is 10.1. The Morgan fingerprint density at radius 3 is 2.56 bits per heavy atom. The third-order valence-corrected chi connectivity index (χ3v) is 1.58. The molecule has 0 saturated carbocycles. The Kier molecular flexibility index (Phi) is 6.19. The molecule has 5 heteroatoms. The van der Waals surface area contributed by atoms with Crippen LogP contribution in [0.15, 0.2) is 11.8 Å². The van der Waals surface area contributed by atoms with E-state index in [2.05, 4.69) is 10.6 Å². The van der Waals surface area contributed by atoms with E-state index < -0.39 is 5.91 Å². The molecule has 3 N–H and O–H groups in total. The van der Waals surface area contributed by atoms with Crippen molar-refractivity contribution in [2.75, 3.05) is 13.2 Å². The maximum Gasteiger partial charge on any atom is 0.263 e. The summed E-state index contributed by atoms with van der Waals surface area (Å²) in [6, 6.07) is 1.83. The maximum atomic E-state index is 11.6. The van der Waals surface area contributed by atoms with Crippen molar-refractivity contribution in [1.29, 1.82) is 5.26 Å². The van der Waals surface area contributed by atoms with Crippen LogP contribution in [0.4, 0.5) is 0 Å². The van der Waals surface area contributed by atoms with Crippen molar-refractivity contribution in [2.24, 2.45) is 0 Å². The fourth-order valence-corrected chi connectivity index (χ4v) is 0.912. The lowest BCUT2D eigenvalue weighted by molar-refractivity contribution is -0.118. The average molecular weight is 225 g/mol. The summed E-state index contributed by atoms with van der Waals surface area (Å²) in [5.41, 5.74) is -0.328. The molecule has 1 amide bonds. The number of nitrogens with one attached hydrogen (secondary N) is 2. The first-order valence-electron chi connectivity index (χ1n) is 5.17. The number of hydrogen-bond acceptors (Lipinski definition) is 4. The first-order valence-corrected chi connectivity index (χ1v) is 5.17. The Morgan fingerprint density at radius 1 is 1.50 bits per heavy atom. The van der Waals surface area contributed by atoms with Crippen LogP contribution in [0, 0.1) is 11.3 Å². The number of nitriles is 1. The first kappa shape index (κ1) is 14.5. The molecule has 0 radical (unpaired) electrons. The van der Waals surface area contributed by atoms with Gasteiger partial charge >= 0.3 is 0 Å². The van der Waals surface area contributed by atoms with E-state index in [1.807, 2.05) is 26.8 Å². The van der Waals surface area contributed by atoms with Crippen LogP contribution < -0.4 is 10.6 Å². The highest BCUT2D eigenvalue weighted by molar-refractivity contribution is 5.97. The predicted octanol–water partition coefficient (Wildman–Crippen LogP) is 0.281. The van der Waals surface area contributed by atoms with Gasteiger partial charge in [0.2, 0.25) is 0 Å². The summed E-state index contributed by atoms with van der Waals surface area (Å²) in [6.45, 7) is 6.15.